The highest BCUT2D eigenvalue weighted by atomic mass is 16.5. The van der Waals surface area contributed by atoms with E-state index in [4.69, 9.17) is 9.15 Å². The lowest BCUT2D eigenvalue weighted by molar-refractivity contribution is 0.234. The molecule has 7 heteroatoms. The van der Waals surface area contributed by atoms with Crippen molar-refractivity contribution in [2.75, 3.05) is 19.7 Å². The van der Waals surface area contributed by atoms with Crippen molar-refractivity contribution in [2.24, 2.45) is 0 Å². The van der Waals surface area contributed by atoms with Crippen LogP contribution in [-0.4, -0.2) is 41.7 Å². The number of rotatable bonds is 7. The first-order valence-corrected chi connectivity index (χ1v) is 8.59. The lowest BCUT2D eigenvalue weighted by Crippen LogP contribution is -2.43. The molecule has 2 amide bonds. The predicted molar refractivity (Wildman–Crippen MR) is 93.2 cm³/mol. The Morgan fingerprint density at radius 3 is 3.08 bits per heavy atom. The third-order valence-electron chi connectivity index (χ3n) is 4.11. The van der Waals surface area contributed by atoms with Gasteiger partial charge in [0, 0.05) is 37.9 Å². The molecule has 2 N–H and O–H groups in total. The summed E-state index contributed by atoms with van der Waals surface area (Å²) in [5.41, 5.74) is 1.14. The van der Waals surface area contributed by atoms with Gasteiger partial charge in [-0.1, -0.05) is 6.07 Å². The summed E-state index contributed by atoms with van der Waals surface area (Å²) >= 11 is 0. The van der Waals surface area contributed by atoms with Crippen molar-refractivity contribution in [3.63, 3.8) is 0 Å². The molecule has 0 saturated carbocycles. The molecule has 134 valence electrons. The summed E-state index contributed by atoms with van der Waals surface area (Å²) in [6.07, 6.45) is 4.39. The topological polar surface area (TPSA) is 79.6 Å². The summed E-state index contributed by atoms with van der Waals surface area (Å²) in [6, 6.07) is 7.57. The molecule has 3 rings (SSSR count). The first kappa shape index (κ1) is 17.3. The van der Waals surface area contributed by atoms with Crippen molar-refractivity contribution >= 4 is 6.03 Å². The van der Waals surface area contributed by atoms with Crippen molar-refractivity contribution in [3.05, 3.63) is 48.0 Å². The fourth-order valence-electron chi connectivity index (χ4n) is 2.91. The summed E-state index contributed by atoms with van der Waals surface area (Å²) in [5.74, 6) is 1.40. The number of aromatic nitrogens is 1. The van der Waals surface area contributed by atoms with Gasteiger partial charge in [-0.25, -0.2) is 9.78 Å². The Kier molecular flexibility index (Phi) is 5.90. The van der Waals surface area contributed by atoms with Gasteiger partial charge in [-0.2, -0.15) is 0 Å². The van der Waals surface area contributed by atoms with Crippen molar-refractivity contribution in [2.45, 2.75) is 32.5 Å². The number of hydrogen-bond donors (Lipinski definition) is 2. The number of urea groups is 1. The predicted octanol–water partition coefficient (Wildman–Crippen LogP) is 2.15. The van der Waals surface area contributed by atoms with E-state index in [9.17, 15) is 4.79 Å². The molecular weight excluding hydrogens is 320 g/mol. The van der Waals surface area contributed by atoms with Gasteiger partial charge in [0.25, 0.3) is 0 Å². The lowest BCUT2D eigenvalue weighted by atomic mass is 10.2. The van der Waals surface area contributed by atoms with Crippen molar-refractivity contribution in [3.8, 4) is 5.88 Å². The maximum atomic E-state index is 12.0. The van der Waals surface area contributed by atoms with E-state index in [-0.39, 0.29) is 12.1 Å². The highest BCUT2D eigenvalue weighted by molar-refractivity contribution is 5.74. The molecule has 1 atom stereocenters. The lowest BCUT2D eigenvalue weighted by Gasteiger charge is -2.17. The van der Waals surface area contributed by atoms with E-state index in [2.05, 4.69) is 20.5 Å². The minimum absolute atomic E-state index is 0.159. The molecule has 2 aromatic rings. The first-order valence-electron chi connectivity index (χ1n) is 8.59. The zero-order chi connectivity index (χ0) is 17.5. The molecule has 25 heavy (non-hydrogen) atoms. The van der Waals surface area contributed by atoms with Crippen LogP contribution in [0.2, 0.25) is 0 Å². The van der Waals surface area contributed by atoms with E-state index < -0.39 is 0 Å². The standard InChI is InChI=1S/C18H24N4O3/c1-2-24-17-6-5-14(10-19-17)12-22-8-7-15(13-22)21-18(23)20-11-16-4-3-9-25-16/h3-6,9-10,15H,2,7-8,11-13H2,1H3,(H2,20,21,23)/t15-/m0/s1. The SMILES string of the molecule is CCOc1ccc(CN2CC[C@H](NC(=O)NCc3ccco3)C2)cn1. The average molecular weight is 344 g/mol. The van der Waals surface area contributed by atoms with Gasteiger partial charge in [0.05, 0.1) is 19.4 Å². The highest BCUT2D eigenvalue weighted by Gasteiger charge is 2.23. The number of amides is 2. The second kappa shape index (κ2) is 8.53. The molecule has 1 fully saturated rings. The van der Waals surface area contributed by atoms with Crippen molar-refractivity contribution < 1.29 is 13.9 Å². The van der Waals surface area contributed by atoms with E-state index in [0.717, 1.165) is 37.4 Å². The Morgan fingerprint density at radius 2 is 2.36 bits per heavy atom. The van der Waals surface area contributed by atoms with Crippen LogP contribution in [0, 0.1) is 0 Å². The largest absolute Gasteiger partial charge is 0.478 e. The van der Waals surface area contributed by atoms with Crippen molar-refractivity contribution in [1.29, 1.82) is 0 Å². The molecule has 3 heterocycles. The Morgan fingerprint density at radius 1 is 1.44 bits per heavy atom. The van der Waals surface area contributed by atoms with Crippen LogP contribution in [0.4, 0.5) is 4.79 Å². The number of carbonyl (C=O) groups excluding carboxylic acids is 1. The van der Waals surface area contributed by atoms with E-state index in [0.29, 0.717) is 19.0 Å². The second-order valence-corrected chi connectivity index (χ2v) is 6.06. The maximum Gasteiger partial charge on any atom is 0.315 e. The third kappa shape index (κ3) is 5.22. The van der Waals surface area contributed by atoms with Gasteiger partial charge in [0.15, 0.2) is 0 Å². The number of ether oxygens (including phenoxy) is 1. The molecule has 0 unspecified atom stereocenters. The van der Waals surface area contributed by atoms with E-state index in [1.165, 1.54) is 0 Å². The quantitative estimate of drug-likeness (QED) is 0.804. The van der Waals surface area contributed by atoms with E-state index in [1.807, 2.05) is 31.3 Å². The maximum absolute atomic E-state index is 12.0. The Labute approximate surface area is 147 Å². The zero-order valence-electron chi connectivity index (χ0n) is 14.4. The normalized spacial score (nSPS) is 17.4. The number of nitrogens with one attached hydrogen (secondary N) is 2. The van der Waals surface area contributed by atoms with Crippen LogP contribution >= 0.6 is 0 Å². The van der Waals surface area contributed by atoms with Crippen LogP contribution in [0.5, 0.6) is 5.88 Å². The molecule has 0 aromatic carbocycles. The number of carbonyl (C=O) groups is 1. The van der Waals surface area contributed by atoms with Gasteiger partial charge in [0.2, 0.25) is 5.88 Å². The number of likely N-dealkylation sites (tertiary alicyclic amines) is 1. The molecule has 1 aliphatic rings. The molecule has 1 aliphatic heterocycles. The minimum atomic E-state index is -0.161. The first-order chi connectivity index (χ1) is 12.2. The summed E-state index contributed by atoms with van der Waals surface area (Å²) in [6.45, 7) is 5.57. The van der Waals surface area contributed by atoms with E-state index in [1.54, 1.807) is 12.3 Å². The van der Waals surface area contributed by atoms with Crippen LogP contribution < -0.4 is 15.4 Å². The zero-order valence-corrected chi connectivity index (χ0v) is 14.4. The fraction of sp³-hybridized carbons (Fsp3) is 0.444. The summed E-state index contributed by atoms with van der Waals surface area (Å²) in [4.78, 5) is 18.6. The molecule has 0 bridgehead atoms. The van der Waals surface area contributed by atoms with Crippen LogP contribution in [-0.2, 0) is 13.1 Å². The molecule has 0 spiro atoms. The summed E-state index contributed by atoms with van der Waals surface area (Å²) in [5, 5.41) is 5.82. The van der Waals surface area contributed by atoms with Crippen LogP contribution in [0.1, 0.15) is 24.7 Å². The second-order valence-electron chi connectivity index (χ2n) is 6.06. The monoisotopic (exact) mass is 344 g/mol. The molecular formula is C18H24N4O3. The highest BCUT2D eigenvalue weighted by Crippen LogP contribution is 2.15. The van der Waals surface area contributed by atoms with Gasteiger partial charge in [-0.15, -0.1) is 0 Å². The fourth-order valence-corrected chi connectivity index (χ4v) is 2.91. The van der Waals surface area contributed by atoms with Crippen LogP contribution in [0.3, 0.4) is 0 Å². The van der Waals surface area contributed by atoms with E-state index >= 15 is 0 Å². The van der Waals surface area contributed by atoms with Gasteiger partial charge < -0.3 is 19.8 Å². The number of nitrogens with zero attached hydrogens (tertiary/aromatic N) is 2. The number of hydrogen-bond acceptors (Lipinski definition) is 5. The molecule has 2 aromatic heterocycles. The van der Waals surface area contributed by atoms with Gasteiger partial charge in [-0.05, 0) is 31.0 Å². The van der Waals surface area contributed by atoms with Crippen LogP contribution in [0.15, 0.2) is 41.1 Å². The third-order valence-corrected chi connectivity index (χ3v) is 4.11. The Hall–Kier alpha value is -2.54. The molecule has 0 aliphatic carbocycles. The average Bonchev–Trinajstić information content (AvgIpc) is 3.27. The Bertz CT molecular complexity index is 657. The van der Waals surface area contributed by atoms with Crippen molar-refractivity contribution in [1.82, 2.24) is 20.5 Å². The van der Waals surface area contributed by atoms with Gasteiger partial charge in [-0.3, -0.25) is 4.90 Å². The molecule has 7 nitrogen and oxygen atoms in total. The van der Waals surface area contributed by atoms with Gasteiger partial charge in [0.1, 0.15) is 5.76 Å². The Balaban J connectivity index is 1.39. The minimum Gasteiger partial charge on any atom is -0.478 e. The smallest absolute Gasteiger partial charge is 0.315 e. The molecule has 1 saturated heterocycles. The van der Waals surface area contributed by atoms with Crippen LogP contribution in [0.25, 0.3) is 0 Å². The number of pyridine rings is 1. The summed E-state index contributed by atoms with van der Waals surface area (Å²) in [7, 11) is 0. The summed E-state index contributed by atoms with van der Waals surface area (Å²) < 4.78 is 10.6. The molecule has 0 radical (unpaired) electrons. The van der Waals surface area contributed by atoms with Gasteiger partial charge >= 0.3 is 6.03 Å². The number of furan rings is 1.